The van der Waals surface area contributed by atoms with Crippen molar-refractivity contribution in [2.45, 2.75) is 25.7 Å². The minimum absolute atomic E-state index is 0. The molecule has 0 unspecified atom stereocenters. The van der Waals surface area contributed by atoms with E-state index in [1.54, 1.807) is 0 Å². The lowest BCUT2D eigenvalue weighted by molar-refractivity contribution is -0.313. The molecule has 20 heavy (non-hydrogen) atoms. The lowest BCUT2D eigenvalue weighted by Crippen LogP contribution is -2.25. The van der Waals surface area contributed by atoms with Crippen molar-refractivity contribution in [1.82, 2.24) is 22.3 Å². The van der Waals surface area contributed by atoms with E-state index in [0.717, 1.165) is 0 Å². The molecule has 0 saturated heterocycles. The topological polar surface area (TPSA) is 202 Å². The van der Waals surface area contributed by atoms with Gasteiger partial charge in [-0.3, -0.25) is 14.8 Å². The van der Waals surface area contributed by atoms with Crippen molar-refractivity contribution in [2.24, 2.45) is 0 Å². The molecular formula is C9H20ClN4O5P. The molecule has 0 amide bonds. The van der Waals surface area contributed by atoms with Crippen LogP contribution in [0.2, 0.25) is 5.15 Å². The van der Waals surface area contributed by atoms with Gasteiger partial charge in [0.2, 0.25) is 0 Å². The van der Waals surface area contributed by atoms with E-state index in [-0.39, 0.29) is 35.6 Å². The maximum absolute atomic E-state index is 11.4. The van der Waals surface area contributed by atoms with E-state index in [9.17, 15) is 23.9 Å². The summed E-state index contributed by atoms with van der Waals surface area (Å²) < 4.78 is 10.4. The molecule has 1 rings (SSSR count). The maximum Gasteiger partial charge on any atom is 0.326 e. The van der Waals surface area contributed by atoms with Crippen LogP contribution in [-0.2, 0) is 11.0 Å². The van der Waals surface area contributed by atoms with E-state index in [1.165, 1.54) is 0 Å². The van der Waals surface area contributed by atoms with Crippen LogP contribution >= 0.6 is 19.2 Å². The Morgan fingerprint density at radius 2 is 1.65 bits per heavy atom. The van der Waals surface area contributed by atoms with Gasteiger partial charge < -0.3 is 26.7 Å². The van der Waals surface area contributed by atoms with Crippen molar-refractivity contribution >= 4 is 19.2 Å². The average Bonchev–Trinajstić information content (AvgIpc) is 2.19. The molecule has 0 bridgehead atoms. The smallest absolute Gasteiger partial charge is 0.326 e. The third-order valence-electron chi connectivity index (χ3n) is 2.35. The summed E-state index contributed by atoms with van der Waals surface area (Å²) in [7, 11) is -4.44. The first kappa shape index (κ1) is 21.3. The van der Waals surface area contributed by atoms with Gasteiger partial charge in [0, 0.05) is 0 Å². The molecule has 0 fully saturated rings. The standard InChI is InChI=1S/C9H14ClN2O5P.2H3N/c10-7-6(8(13)12-9(14)11-7)4-2-1-3-5-18(15,16)17;;/h1-5H2,(H2,15,16,17)(H2,11,12,13,14);2*1H3. The molecular weight excluding hydrogens is 311 g/mol. The van der Waals surface area contributed by atoms with E-state index in [2.05, 4.69) is 4.98 Å². The molecule has 0 spiro atoms. The Morgan fingerprint density at radius 3 is 2.15 bits per heavy atom. The number of hydrogen-bond acceptors (Lipinski definition) is 5. The van der Waals surface area contributed by atoms with Gasteiger partial charge in [-0.1, -0.05) is 25.6 Å². The molecule has 0 aromatic carbocycles. The largest absolute Gasteiger partial charge is 0.811 e. The number of hydrogen-bond donors (Lipinski definition) is 4. The highest BCUT2D eigenvalue weighted by Gasteiger charge is 2.06. The summed E-state index contributed by atoms with van der Waals surface area (Å²) in [5.41, 5.74) is -0.974. The molecule has 10 N–H and O–H groups in total. The second-order valence-corrected chi connectivity index (χ2v) is 5.89. The van der Waals surface area contributed by atoms with Gasteiger partial charge in [0.15, 0.2) is 0 Å². The van der Waals surface area contributed by atoms with E-state index in [0.29, 0.717) is 19.3 Å². The van der Waals surface area contributed by atoms with Crippen molar-refractivity contribution in [3.05, 3.63) is 31.6 Å². The molecule has 118 valence electrons. The van der Waals surface area contributed by atoms with Crippen molar-refractivity contribution in [2.75, 3.05) is 6.16 Å². The highest BCUT2D eigenvalue weighted by molar-refractivity contribution is 7.48. The monoisotopic (exact) mass is 330 g/mol. The highest BCUT2D eigenvalue weighted by atomic mass is 35.5. The average molecular weight is 331 g/mol. The zero-order chi connectivity index (χ0) is 13.8. The molecule has 0 saturated carbocycles. The number of unbranched alkanes of at least 4 members (excludes halogenated alkanes) is 2. The fourth-order valence-electron chi connectivity index (χ4n) is 1.49. The van der Waals surface area contributed by atoms with E-state index in [4.69, 9.17) is 11.6 Å². The normalized spacial score (nSPS) is 10.6. The fourth-order valence-corrected chi connectivity index (χ4v) is 2.37. The molecule has 9 nitrogen and oxygen atoms in total. The summed E-state index contributed by atoms with van der Waals surface area (Å²) in [6, 6.07) is 0. The Balaban J connectivity index is 0. The number of nitrogens with one attached hydrogen (secondary N) is 2. The Kier molecular flexibility index (Phi) is 9.67. The number of rotatable bonds is 6. The van der Waals surface area contributed by atoms with Crippen molar-refractivity contribution < 1.29 is 14.4 Å². The minimum atomic E-state index is -4.44. The number of aromatic amines is 2. The third-order valence-corrected chi connectivity index (χ3v) is 3.53. The predicted octanol–water partition coefficient (Wildman–Crippen LogP) is 0.0955. The number of H-pyrrole nitrogens is 2. The van der Waals surface area contributed by atoms with Crippen LogP contribution in [-0.4, -0.2) is 16.1 Å². The Hall–Kier alpha value is -0.960. The van der Waals surface area contributed by atoms with Crippen LogP contribution in [0.1, 0.15) is 24.8 Å². The quantitative estimate of drug-likeness (QED) is 0.324. The Morgan fingerprint density at radius 1 is 1.05 bits per heavy atom. The lowest BCUT2D eigenvalue weighted by Gasteiger charge is -2.29. The summed E-state index contributed by atoms with van der Waals surface area (Å²) in [5.74, 6) is 0. The molecule has 0 atom stereocenters. The van der Waals surface area contributed by atoms with Crippen LogP contribution in [0.5, 0.6) is 0 Å². The second kappa shape index (κ2) is 9.06. The number of halogens is 1. The van der Waals surface area contributed by atoms with Crippen molar-refractivity contribution in [3.63, 3.8) is 0 Å². The zero-order valence-electron chi connectivity index (χ0n) is 11.4. The number of aromatic nitrogens is 2. The molecule has 0 aliphatic rings. The van der Waals surface area contributed by atoms with Gasteiger partial charge in [-0.2, -0.15) is 0 Å². The van der Waals surface area contributed by atoms with E-state index >= 15 is 0 Å². The van der Waals surface area contributed by atoms with Gasteiger partial charge in [0.05, 0.1) is 5.56 Å². The van der Waals surface area contributed by atoms with Gasteiger partial charge in [0.1, 0.15) is 5.15 Å². The van der Waals surface area contributed by atoms with Crippen LogP contribution in [0, 0.1) is 0 Å². The van der Waals surface area contributed by atoms with Crippen LogP contribution in [0.4, 0.5) is 0 Å². The molecule has 1 aromatic rings. The molecule has 0 aliphatic heterocycles. The van der Waals surface area contributed by atoms with Gasteiger partial charge in [-0.25, -0.2) is 4.79 Å². The zero-order valence-corrected chi connectivity index (χ0v) is 13.1. The fraction of sp³-hybridized carbons (Fsp3) is 0.556. The van der Waals surface area contributed by atoms with Crippen LogP contribution in [0.15, 0.2) is 9.59 Å². The number of quaternary nitrogens is 2. The van der Waals surface area contributed by atoms with Gasteiger partial charge >= 0.3 is 5.69 Å². The summed E-state index contributed by atoms with van der Waals surface area (Å²) in [6.45, 7) is 0. The first-order valence-electron chi connectivity index (χ1n) is 5.31. The molecule has 1 aromatic heterocycles. The van der Waals surface area contributed by atoms with Crippen LogP contribution in [0.25, 0.3) is 0 Å². The van der Waals surface area contributed by atoms with Crippen LogP contribution in [0.3, 0.4) is 0 Å². The summed E-state index contributed by atoms with van der Waals surface area (Å²) in [6.07, 6.45) is 1.18. The van der Waals surface area contributed by atoms with Gasteiger partial charge in [-0.15, -0.1) is 0 Å². The molecule has 1 heterocycles. The minimum Gasteiger partial charge on any atom is -0.811 e. The summed E-state index contributed by atoms with van der Waals surface area (Å²) in [4.78, 5) is 47.3. The Bertz CT molecular complexity index is 566. The summed E-state index contributed by atoms with van der Waals surface area (Å²) in [5, 5.41) is -0.0120. The Labute approximate surface area is 120 Å². The van der Waals surface area contributed by atoms with E-state index in [1.807, 2.05) is 4.98 Å². The summed E-state index contributed by atoms with van der Waals surface area (Å²) >= 11 is 5.70. The first-order valence-corrected chi connectivity index (χ1v) is 7.42. The predicted molar refractivity (Wildman–Crippen MR) is 74.7 cm³/mol. The highest BCUT2D eigenvalue weighted by Crippen LogP contribution is 2.24. The van der Waals surface area contributed by atoms with Crippen molar-refractivity contribution in [3.8, 4) is 0 Å². The SMILES string of the molecule is O=c1[nH]c(Cl)c(CCCCCP(=O)([O-])[O-])c(=O)[nH]1.[NH4+].[NH4+]. The van der Waals surface area contributed by atoms with Gasteiger partial charge in [0.25, 0.3) is 5.56 Å². The molecule has 0 radical (unpaired) electrons. The molecule has 0 aliphatic carbocycles. The molecule has 11 heteroatoms. The van der Waals surface area contributed by atoms with Crippen LogP contribution < -0.4 is 33.3 Å². The third kappa shape index (κ3) is 7.59. The van der Waals surface area contributed by atoms with E-state index < -0.39 is 18.8 Å². The lowest BCUT2D eigenvalue weighted by atomic mass is 10.1. The van der Waals surface area contributed by atoms with Crippen molar-refractivity contribution in [1.29, 1.82) is 0 Å². The van der Waals surface area contributed by atoms with Gasteiger partial charge in [-0.05, 0) is 25.4 Å². The second-order valence-electron chi connectivity index (χ2n) is 3.85. The first-order chi connectivity index (χ1) is 8.29. The maximum atomic E-state index is 11.4.